The Morgan fingerprint density at radius 3 is 2.33 bits per heavy atom. The van der Waals surface area contributed by atoms with Gasteiger partial charge in [-0.3, -0.25) is 4.57 Å². The van der Waals surface area contributed by atoms with E-state index in [-0.39, 0.29) is 5.41 Å². The van der Waals surface area contributed by atoms with E-state index in [4.69, 9.17) is 28.0 Å². The van der Waals surface area contributed by atoms with Gasteiger partial charge in [0.25, 0.3) is 0 Å². The van der Waals surface area contributed by atoms with Crippen molar-refractivity contribution in [2.75, 3.05) is 31.1 Å². The summed E-state index contributed by atoms with van der Waals surface area (Å²) in [6.45, 7) is 3.08. The highest BCUT2D eigenvalue weighted by atomic mass is 35.5. The van der Waals surface area contributed by atoms with Crippen LogP contribution in [0.5, 0.6) is 5.75 Å². The molecular formula is C22H23Cl2N5O. The summed E-state index contributed by atoms with van der Waals surface area (Å²) in [7, 11) is 2.07. The number of aromatic nitrogens is 3. The Balaban J connectivity index is 1.27. The van der Waals surface area contributed by atoms with E-state index in [1.165, 1.54) is 5.56 Å². The molecule has 0 amide bonds. The third-order valence-corrected chi connectivity index (χ3v) is 6.53. The minimum atomic E-state index is 0.0114. The lowest BCUT2D eigenvalue weighted by molar-refractivity contribution is -0.0620. The molecule has 30 heavy (non-hydrogen) atoms. The van der Waals surface area contributed by atoms with Crippen LogP contribution >= 0.6 is 23.2 Å². The predicted molar refractivity (Wildman–Crippen MR) is 118 cm³/mol. The van der Waals surface area contributed by atoms with Crippen molar-refractivity contribution < 1.29 is 4.84 Å². The monoisotopic (exact) mass is 443 g/mol. The van der Waals surface area contributed by atoms with Crippen molar-refractivity contribution in [1.29, 1.82) is 0 Å². The molecule has 8 heteroatoms. The highest BCUT2D eigenvalue weighted by Gasteiger charge is 2.50. The normalized spacial score (nSPS) is 18.4. The summed E-state index contributed by atoms with van der Waals surface area (Å²) in [5.41, 5.74) is 1.34. The third-order valence-electron chi connectivity index (χ3n) is 6.00. The molecule has 2 aromatic carbocycles. The first-order chi connectivity index (χ1) is 14.6. The van der Waals surface area contributed by atoms with Crippen molar-refractivity contribution >= 4 is 29.2 Å². The number of rotatable bonds is 5. The molecule has 2 aliphatic rings. The molecule has 0 N–H and O–H groups in total. The van der Waals surface area contributed by atoms with Gasteiger partial charge in [-0.15, -0.1) is 15.3 Å². The van der Waals surface area contributed by atoms with Crippen molar-refractivity contribution in [2.24, 2.45) is 7.05 Å². The van der Waals surface area contributed by atoms with Crippen LogP contribution in [0.4, 0.5) is 5.95 Å². The lowest BCUT2D eigenvalue weighted by atomic mass is 9.95. The standard InChI is InChI=1S/C22H23Cl2N5O/c1-27-20(22(9-10-22)16-5-3-2-4-6-16)25-26-21(27)28-11-13-29(14-12-28)30-19-8-7-17(23)15-18(19)24/h2-8,15H,9-14H2,1H3. The average molecular weight is 444 g/mol. The Morgan fingerprint density at radius 2 is 1.67 bits per heavy atom. The van der Waals surface area contributed by atoms with Crippen LogP contribution in [-0.4, -0.2) is 46.0 Å². The molecule has 2 fully saturated rings. The fourth-order valence-electron chi connectivity index (χ4n) is 4.20. The quantitative estimate of drug-likeness (QED) is 0.587. The molecule has 0 bridgehead atoms. The van der Waals surface area contributed by atoms with E-state index in [1.54, 1.807) is 18.2 Å². The van der Waals surface area contributed by atoms with Crippen molar-refractivity contribution in [3.63, 3.8) is 0 Å². The van der Waals surface area contributed by atoms with Crippen LogP contribution in [0.15, 0.2) is 48.5 Å². The Hall–Kier alpha value is -2.28. The van der Waals surface area contributed by atoms with Crippen molar-refractivity contribution in [3.05, 3.63) is 70.0 Å². The first-order valence-electron chi connectivity index (χ1n) is 10.2. The topological polar surface area (TPSA) is 46.4 Å². The zero-order chi connectivity index (χ0) is 20.7. The molecule has 0 unspecified atom stereocenters. The summed E-state index contributed by atoms with van der Waals surface area (Å²) in [6.07, 6.45) is 2.24. The molecule has 2 heterocycles. The van der Waals surface area contributed by atoms with E-state index < -0.39 is 0 Å². The first kappa shape index (κ1) is 19.7. The molecule has 3 aromatic rings. The summed E-state index contributed by atoms with van der Waals surface area (Å²) in [5, 5.41) is 12.2. The van der Waals surface area contributed by atoms with Gasteiger partial charge in [0.05, 0.1) is 23.5 Å². The van der Waals surface area contributed by atoms with E-state index in [2.05, 4.69) is 57.0 Å². The Morgan fingerprint density at radius 1 is 0.933 bits per heavy atom. The van der Waals surface area contributed by atoms with E-state index >= 15 is 0 Å². The molecule has 1 aromatic heterocycles. The number of benzene rings is 2. The van der Waals surface area contributed by atoms with Crippen molar-refractivity contribution in [2.45, 2.75) is 18.3 Å². The minimum absolute atomic E-state index is 0.0114. The summed E-state index contributed by atoms with van der Waals surface area (Å²) in [5.74, 6) is 2.58. The summed E-state index contributed by atoms with van der Waals surface area (Å²) >= 11 is 12.2. The Kier molecular flexibility index (Phi) is 5.09. The highest BCUT2D eigenvalue weighted by molar-refractivity contribution is 6.35. The summed E-state index contributed by atoms with van der Waals surface area (Å²) < 4.78 is 2.16. The molecule has 1 aliphatic heterocycles. The Labute approximate surface area is 185 Å². The Bertz CT molecular complexity index is 1040. The van der Waals surface area contributed by atoms with Gasteiger partial charge in [-0.25, -0.2) is 0 Å². The van der Waals surface area contributed by atoms with E-state index in [0.29, 0.717) is 15.8 Å². The molecule has 156 valence electrons. The van der Waals surface area contributed by atoms with Gasteiger partial charge in [-0.05, 0) is 36.6 Å². The number of hydrogen-bond acceptors (Lipinski definition) is 5. The van der Waals surface area contributed by atoms with Gasteiger partial charge in [0.15, 0.2) is 5.75 Å². The lowest BCUT2D eigenvalue weighted by Gasteiger charge is -2.34. The van der Waals surface area contributed by atoms with Crippen LogP contribution in [-0.2, 0) is 12.5 Å². The van der Waals surface area contributed by atoms with E-state index in [9.17, 15) is 0 Å². The summed E-state index contributed by atoms with van der Waals surface area (Å²) in [6, 6.07) is 15.9. The molecule has 0 radical (unpaired) electrons. The minimum Gasteiger partial charge on any atom is -0.404 e. The zero-order valence-corrected chi connectivity index (χ0v) is 18.3. The maximum Gasteiger partial charge on any atom is 0.227 e. The van der Waals surface area contributed by atoms with Crippen LogP contribution in [0, 0.1) is 0 Å². The maximum absolute atomic E-state index is 6.23. The van der Waals surface area contributed by atoms with Crippen LogP contribution in [0.1, 0.15) is 24.2 Å². The molecule has 1 saturated carbocycles. The lowest BCUT2D eigenvalue weighted by Crippen LogP contribution is -2.48. The molecule has 5 rings (SSSR count). The fourth-order valence-corrected chi connectivity index (χ4v) is 4.65. The van der Waals surface area contributed by atoms with Crippen molar-refractivity contribution in [3.8, 4) is 5.75 Å². The number of hydrogen-bond donors (Lipinski definition) is 0. The van der Waals surface area contributed by atoms with Gasteiger partial charge in [0, 0.05) is 25.2 Å². The summed E-state index contributed by atoms with van der Waals surface area (Å²) in [4.78, 5) is 8.22. The molecule has 0 atom stereocenters. The maximum atomic E-state index is 6.23. The second-order valence-corrected chi connectivity index (χ2v) is 8.76. The zero-order valence-electron chi connectivity index (χ0n) is 16.8. The van der Waals surface area contributed by atoms with E-state index in [0.717, 1.165) is 50.8 Å². The van der Waals surface area contributed by atoms with Crippen LogP contribution in [0.3, 0.4) is 0 Å². The SMILES string of the molecule is Cn1c(N2CCN(Oc3ccc(Cl)cc3Cl)CC2)nnc1C1(c2ccccc2)CC1. The number of piperazine rings is 1. The van der Waals surface area contributed by atoms with Gasteiger partial charge in [-0.1, -0.05) is 53.5 Å². The third kappa shape index (κ3) is 3.53. The number of anilines is 1. The molecular weight excluding hydrogens is 421 g/mol. The largest absolute Gasteiger partial charge is 0.404 e. The average Bonchev–Trinajstić information content (AvgIpc) is 3.48. The number of halogens is 2. The second kappa shape index (κ2) is 7.76. The molecule has 1 aliphatic carbocycles. The molecule has 6 nitrogen and oxygen atoms in total. The predicted octanol–water partition coefficient (Wildman–Crippen LogP) is 4.32. The fraction of sp³-hybridized carbons (Fsp3) is 0.364. The van der Waals surface area contributed by atoms with Crippen LogP contribution in [0.2, 0.25) is 10.0 Å². The van der Waals surface area contributed by atoms with Gasteiger partial charge < -0.3 is 9.74 Å². The van der Waals surface area contributed by atoms with E-state index in [1.807, 2.05) is 5.06 Å². The second-order valence-electron chi connectivity index (χ2n) is 7.91. The molecule has 1 saturated heterocycles. The first-order valence-corrected chi connectivity index (χ1v) is 10.9. The van der Waals surface area contributed by atoms with Gasteiger partial charge >= 0.3 is 0 Å². The van der Waals surface area contributed by atoms with Gasteiger partial charge in [0.1, 0.15) is 5.82 Å². The number of hydroxylamine groups is 2. The van der Waals surface area contributed by atoms with Crippen LogP contribution < -0.4 is 9.74 Å². The van der Waals surface area contributed by atoms with Gasteiger partial charge in [0.2, 0.25) is 5.95 Å². The molecule has 0 spiro atoms. The van der Waals surface area contributed by atoms with Gasteiger partial charge in [-0.2, -0.15) is 0 Å². The van der Waals surface area contributed by atoms with Crippen LogP contribution in [0.25, 0.3) is 0 Å². The number of nitrogens with zero attached hydrogens (tertiary/aromatic N) is 5. The highest BCUT2D eigenvalue weighted by Crippen LogP contribution is 2.52. The van der Waals surface area contributed by atoms with Crippen molar-refractivity contribution in [1.82, 2.24) is 19.8 Å². The smallest absolute Gasteiger partial charge is 0.227 e.